The Morgan fingerprint density at radius 1 is 0.456 bits per heavy atom. The molecule has 0 aromatic rings. The molecule has 2 atom stereocenters. The second kappa shape index (κ2) is 52.3. The Balaban J connectivity index is 4.53. The quantitative estimate of drug-likeness (QED) is 0.0264. The zero-order valence-electron chi connectivity index (χ0n) is 44.1. The van der Waals surface area contributed by atoms with Crippen molar-refractivity contribution < 1.29 is 42.4 Å². The van der Waals surface area contributed by atoms with Gasteiger partial charge in [-0.25, -0.2) is 4.57 Å². The molecule has 0 radical (unpaired) electrons. The van der Waals surface area contributed by atoms with Crippen molar-refractivity contribution in [1.29, 1.82) is 0 Å². The van der Waals surface area contributed by atoms with Crippen molar-refractivity contribution in [3.63, 3.8) is 0 Å². The van der Waals surface area contributed by atoms with Crippen LogP contribution in [0.25, 0.3) is 0 Å². The van der Waals surface area contributed by atoms with Crippen LogP contribution in [-0.4, -0.2) is 55.2 Å². The summed E-state index contributed by atoms with van der Waals surface area (Å²) < 4.78 is 34.0. The number of esters is 2. The van der Waals surface area contributed by atoms with Crippen LogP contribution in [0.5, 0.6) is 0 Å². The number of nitrogens with one attached hydrogen (secondary N) is 1. The molecule has 0 saturated heterocycles. The van der Waals surface area contributed by atoms with Crippen LogP contribution in [0.1, 0.15) is 265 Å². The molecule has 0 aromatic heterocycles. The van der Waals surface area contributed by atoms with Crippen LogP contribution in [0.15, 0.2) is 48.6 Å². The van der Waals surface area contributed by atoms with Gasteiger partial charge in [0.25, 0.3) is 0 Å². The lowest BCUT2D eigenvalue weighted by molar-refractivity contribution is -0.161. The lowest BCUT2D eigenvalue weighted by Crippen LogP contribution is -2.30. The van der Waals surface area contributed by atoms with Crippen molar-refractivity contribution in [3.8, 4) is 0 Å². The molecule has 0 spiro atoms. The second-order valence-electron chi connectivity index (χ2n) is 18.7. The zero-order chi connectivity index (χ0) is 49.7. The fourth-order valence-electron chi connectivity index (χ4n) is 7.79. The molecule has 1 unspecified atom stereocenters. The number of carbonyl (C=O) groups is 3. The van der Waals surface area contributed by atoms with Gasteiger partial charge in [0.1, 0.15) is 6.61 Å². The van der Waals surface area contributed by atoms with E-state index in [2.05, 4.69) is 74.7 Å². The van der Waals surface area contributed by atoms with E-state index in [1.807, 2.05) is 0 Å². The van der Waals surface area contributed by atoms with E-state index in [9.17, 15) is 23.8 Å². The number of rotatable bonds is 52. The molecule has 11 heteroatoms. The number of ether oxygens (including phenoxy) is 2. The van der Waals surface area contributed by atoms with E-state index in [4.69, 9.17) is 18.5 Å². The molecule has 0 rings (SSSR count). The fraction of sp³-hybridized carbons (Fsp3) is 0.807. The topological polar surface area (TPSA) is 137 Å². The maximum atomic E-state index is 12.8. The maximum absolute atomic E-state index is 12.8. The average molecular weight is 978 g/mol. The van der Waals surface area contributed by atoms with Gasteiger partial charge < -0.3 is 19.7 Å². The highest BCUT2D eigenvalue weighted by molar-refractivity contribution is 7.47. The number of amides is 1. The van der Waals surface area contributed by atoms with Crippen LogP contribution >= 0.6 is 7.82 Å². The molecule has 68 heavy (non-hydrogen) atoms. The van der Waals surface area contributed by atoms with Gasteiger partial charge >= 0.3 is 19.8 Å². The van der Waals surface area contributed by atoms with Crippen LogP contribution in [0, 0.1) is 0 Å². The second-order valence-corrected chi connectivity index (χ2v) is 20.2. The van der Waals surface area contributed by atoms with E-state index in [1.54, 1.807) is 0 Å². The van der Waals surface area contributed by atoms with Gasteiger partial charge in [-0.2, -0.15) is 0 Å². The highest BCUT2D eigenvalue weighted by atomic mass is 31.2. The normalized spacial score (nSPS) is 13.3. The molecule has 0 aliphatic carbocycles. The predicted octanol–water partition coefficient (Wildman–Crippen LogP) is 16.8. The Morgan fingerprint density at radius 3 is 1.29 bits per heavy atom. The van der Waals surface area contributed by atoms with Crippen molar-refractivity contribution in [3.05, 3.63) is 48.6 Å². The Morgan fingerprint density at radius 2 is 0.838 bits per heavy atom. The molecule has 0 heterocycles. The standard InChI is InChI=1S/C57H104NO9P/c1-4-7-10-13-16-19-22-25-26-27-28-31-32-35-38-41-44-47-55(59)58-50-51-65-68(62,63)66-53-54(67-57(61)49-46-43-40-37-34-30-24-21-18-15-12-9-6-3)52-64-56(60)48-45-42-39-36-33-29-23-20-17-14-11-8-5-2/h16,19,25-26,28,31,35,38,54H,4-15,17-18,20-24,27,29-30,32-34,36-37,39-53H2,1-3H3,(H,58,59)(H,62,63)/b19-16-,26-25-,31-28-,38-35-/t54-/m1/s1. The van der Waals surface area contributed by atoms with Gasteiger partial charge in [0.15, 0.2) is 6.10 Å². The zero-order valence-corrected chi connectivity index (χ0v) is 44.9. The molecular weight excluding hydrogens is 874 g/mol. The van der Waals surface area contributed by atoms with Crippen LogP contribution in [0.3, 0.4) is 0 Å². The molecule has 2 N–H and O–H groups in total. The van der Waals surface area contributed by atoms with E-state index in [0.717, 1.165) is 64.2 Å². The summed E-state index contributed by atoms with van der Waals surface area (Å²) in [6.07, 6.45) is 57.6. The minimum absolute atomic E-state index is 0.0332. The monoisotopic (exact) mass is 978 g/mol. The first-order valence-electron chi connectivity index (χ1n) is 28.1. The Hall–Kier alpha value is -2.52. The molecule has 0 bridgehead atoms. The highest BCUT2D eigenvalue weighted by Crippen LogP contribution is 2.43. The molecule has 0 fully saturated rings. The van der Waals surface area contributed by atoms with Gasteiger partial charge in [-0.3, -0.25) is 23.4 Å². The third-order valence-corrected chi connectivity index (χ3v) is 13.0. The molecule has 396 valence electrons. The van der Waals surface area contributed by atoms with Gasteiger partial charge in [-0.15, -0.1) is 0 Å². The summed E-state index contributed by atoms with van der Waals surface area (Å²) in [4.78, 5) is 48.1. The SMILES string of the molecule is CCCCC/C=C\C/C=C\C/C=C\C/C=C\CCCC(=O)NCCOP(=O)(O)OC[C@@H](COC(=O)CCCCCCCCCCCCCCC)OC(=O)CCCCCCCCCCCCCCC. The lowest BCUT2D eigenvalue weighted by Gasteiger charge is -2.20. The van der Waals surface area contributed by atoms with E-state index in [-0.39, 0.29) is 38.5 Å². The first-order chi connectivity index (χ1) is 33.2. The highest BCUT2D eigenvalue weighted by Gasteiger charge is 2.26. The Bertz CT molecular complexity index is 1320. The summed E-state index contributed by atoms with van der Waals surface area (Å²) in [5.74, 6) is -1.04. The lowest BCUT2D eigenvalue weighted by atomic mass is 10.0. The van der Waals surface area contributed by atoms with E-state index >= 15 is 0 Å². The summed E-state index contributed by atoms with van der Waals surface area (Å²) in [7, 11) is -4.55. The molecule has 10 nitrogen and oxygen atoms in total. The smallest absolute Gasteiger partial charge is 0.462 e. The van der Waals surface area contributed by atoms with Crippen LogP contribution in [0.2, 0.25) is 0 Å². The number of hydrogen-bond acceptors (Lipinski definition) is 8. The van der Waals surface area contributed by atoms with Crippen molar-refractivity contribution in [2.45, 2.75) is 271 Å². The summed E-state index contributed by atoms with van der Waals surface area (Å²) in [5, 5.41) is 2.71. The Labute approximate surface area is 417 Å². The average Bonchev–Trinajstić information content (AvgIpc) is 3.32. The minimum Gasteiger partial charge on any atom is -0.462 e. The summed E-state index contributed by atoms with van der Waals surface area (Å²) in [5.41, 5.74) is 0. The summed E-state index contributed by atoms with van der Waals surface area (Å²) in [6, 6.07) is 0. The van der Waals surface area contributed by atoms with Gasteiger partial charge in [-0.05, 0) is 57.8 Å². The first kappa shape index (κ1) is 65.5. The number of carbonyl (C=O) groups excluding carboxylic acids is 3. The summed E-state index contributed by atoms with van der Waals surface area (Å²) in [6.45, 7) is 5.75. The largest absolute Gasteiger partial charge is 0.472 e. The molecule has 0 aliphatic rings. The molecule has 0 aliphatic heterocycles. The van der Waals surface area contributed by atoms with Crippen molar-refractivity contribution in [2.75, 3.05) is 26.4 Å². The number of unbranched alkanes of at least 4 members (excludes halogenated alkanes) is 28. The van der Waals surface area contributed by atoms with Gasteiger partial charge in [-0.1, -0.05) is 236 Å². The summed E-state index contributed by atoms with van der Waals surface area (Å²) >= 11 is 0. The Kier molecular flexibility index (Phi) is 50.4. The predicted molar refractivity (Wildman–Crippen MR) is 285 cm³/mol. The van der Waals surface area contributed by atoms with E-state index in [0.29, 0.717) is 19.3 Å². The van der Waals surface area contributed by atoms with Gasteiger partial charge in [0.2, 0.25) is 5.91 Å². The minimum atomic E-state index is -4.55. The van der Waals surface area contributed by atoms with Crippen LogP contribution in [0.4, 0.5) is 0 Å². The third-order valence-electron chi connectivity index (χ3n) is 12.0. The number of phosphoric acid groups is 1. The molecule has 0 aromatic carbocycles. The van der Waals surface area contributed by atoms with Crippen molar-refractivity contribution in [2.24, 2.45) is 0 Å². The van der Waals surface area contributed by atoms with Gasteiger partial charge in [0, 0.05) is 25.8 Å². The molecule has 1 amide bonds. The van der Waals surface area contributed by atoms with Crippen molar-refractivity contribution >= 4 is 25.7 Å². The molecular formula is C57H104NO9P. The number of hydrogen-bond donors (Lipinski definition) is 2. The fourth-order valence-corrected chi connectivity index (χ4v) is 8.54. The van der Waals surface area contributed by atoms with Crippen molar-refractivity contribution in [1.82, 2.24) is 5.32 Å². The van der Waals surface area contributed by atoms with Crippen LogP contribution < -0.4 is 5.32 Å². The maximum Gasteiger partial charge on any atom is 0.472 e. The van der Waals surface area contributed by atoms with Gasteiger partial charge in [0.05, 0.1) is 13.2 Å². The van der Waals surface area contributed by atoms with E-state index in [1.165, 1.54) is 148 Å². The molecule has 0 saturated carbocycles. The number of allylic oxidation sites excluding steroid dienone is 8. The third kappa shape index (κ3) is 51.3. The first-order valence-corrected chi connectivity index (χ1v) is 29.6. The number of phosphoric ester groups is 1. The van der Waals surface area contributed by atoms with Crippen LogP contribution in [-0.2, 0) is 37.5 Å². The van der Waals surface area contributed by atoms with E-state index < -0.39 is 32.5 Å².